The molecule has 1 unspecified atom stereocenters. The van der Waals surface area contributed by atoms with Crippen LogP contribution in [0.2, 0.25) is 0 Å². The van der Waals surface area contributed by atoms with Gasteiger partial charge in [0.05, 0.1) is 12.6 Å². The van der Waals surface area contributed by atoms with Crippen LogP contribution in [-0.2, 0) is 41.7 Å². The summed E-state index contributed by atoms with van der Waals surface area (Å²) in [6.45, 7) is 3.43. The molecule has 0 N–H and O–H groups in total. The minimum atomic E-state index is -1.03. The van der Waals surface area contributed by atoms with Gasteiger partial charge in [0.1, 0.15) is 18.2 Å². The number of carbonyl (C=O) groups is 2. The summed E-state index contributed by atoms with van der Waals surface area (Å²) in [6, 6.07) is 17.8. The molecule has 3 rings (SSSR count). The van der Waals surface area contributed by atoms with Gasteiger partial charge in [0.25, 0.3) is 0 Å². The fourth-order valence-electron chi connectivity index (χ4n) is 4.29. The maximum Gasteiger partial charge on any atom is 0.304 e. The van der Waals surface area contributed by atoms with E-state index in [1.165, 1.54) is 21.0 Å². The molecule has 2 aromatic rings. The van der Waals surface area contributed by atoms with Crippen molar-refractivity contribution in [3.05, 3.63) is 82.2 Å². The first-order chi connectivity index (χ1) is 16.9. The Hall–Kier alpha value is -3.43. The Morgan fingerprint density at radius 3 is 2.20 bits per heavy atom. The molecule has 1 heterocycles. The van der Waals surface area contributed by atoms with E-state index >= 15 is 0 Å². The first kappa shape index (κ1) is 26.2. The minimum absolute atomic E-state index is 0.193. The number of carbonyl (C=O) groups excluding carboxylic acids is 2. The van der Waals surface area contributed by atoms with Crippen molar-refractivity contribution in [1.29, 1.82) is 0 Å². The Kier molecular flexibility index (Phi) is 9.63. The molecule has 0 bridgehead atoms. The van der Waals surface area contributed by atoms with Gasteiger partial charge in [-0.2, -0.15) is 0 Å². The maximum atomic E-state index is 12.0. The van der Waals surface area contributed by atoms with Gasteiger partial charge in [0.2, 0.25) is 6.29 Å². The lowest BCUT2D eigenvalue weighted by molar-refractivity contribution is -0.228. The molecule has 10 heteroatoms. The number of hydrogen-bond donors (Lipinski definition) is 0. The molecule has 1 aliphatic rings. The van der Waals surface area contributed by atoms with Crippen molar-refractivity contribution >= 4 is 11.9 Å². The molecule has 10 nitrogen and oxygen atoms in total. The van der Waals surface area contributed by atoms with Gasteiger partial charge in [0, 0.05) is 39.0 Å². The minimum Gasteiger partial charge on any atom is -0.459 e. The second kappa shape index (κ2) is 12.9. The molecule has 0 aliphatic carbocycles. The highest BCUT2D eigenvalue weighted by atomic mass is 16.7. The monoisotopic (exact) mass is 482 g/mol. The SMILES string of the molecule is COC(OC(C)=O)[C@@H]1[C@H](OCc2ccccc2)[C@H](OC(C)=O)[C@@H](N=[N+]=[N-])CN1Cc1ccccc1. The van der Waals surface area contributed by atoms with Crippen LogP contribution in [0, 0.1) is 0 Å². The summed E-state index contributed by atoms with van der Waals surface area (Å²) in [5, 5.41) is 3.93. The molecule has 186 valence electrons. The number of esters is 2. The first-order valence-electron chi connectivity index (χ1n) is 11.3. The molecule has 0 radical (unpaired) electrons. The summed E-state index contributed by atoms with van der Waals surface area (Å²) >= 11 is 0. The topological polar surface area (TPSA) is 123 Å². The number of benzene rings is 2. The van der Waals surface area contributed by atoms with E-state index < -0.39 is 42.5 Å². The van der Waals surface area contributed by atoms with Crippen molar-refractivity contribution in [2.24, 2.45) is 5.11 Å². The van der Waals surface area contributed by atoms with Crippen LogP contribution in [0.25, 0.3) is 10.4 Å². The highest BCUT2D eigenvalue weighted by Gasteiger charge is 2.50. The van der Waals surface area contributed by atoms with Crippen LogP contribution in [0.15, 0.2) is 65.8 Å². The van der Waals surface area contributed by atoms with E-state index in [9.17, 15) is 15.1 Å². The maximum absolute atomic E-state index is 12.0. The Bertz CT molecular complexity index is 1020. The van der Waals surface area contributed by atoms with Crippen molar-refractivity contribution in [2.75, 3.05) is 13.7 Å². The van der Waals surface area contributed by atoms with E-state index in [1.54, 1.807) is 0 Å². The van der Waals surface area contributed by atoms with Gasteiger partial charge in [0.15, 0.2) is 0 Å². The second-order valence-corrected chi connectivity index (χ2v) is 8.23. The molecule has 5 atom stereocenters. The van der Waals surface area contributed by atoms with Crippen LogP contribution in [0.1, 0.15) is 25.0 Å². The predicted molar refractivity (Wildman–Crippen MR) is 127 cm³/mol. The molecule has 35 heavy (non-hydrogen) atoms. The zero-order valence-electron chi connectivity index (χ0n) is 20.0. The Morgan fingerprint density at radius 2 is 1.66 bits per heavy atom. The van der Waals surface area contributed by atoms with E-state index in [0.717, 1.165) is 11.1 Å². The zero-order chi connectivity index (χ0) is 25.2. The third-order valence-corrected chi connectivity index (χ3v) is 5.69. The lowest BCUT2D eigenvalue weighted by Crippen LogP contribution is -2.66. The lowest BCUT2D eigenvalue weighted by Gasteiger charge is -2.48. The summed E-state index contributed by atoms with van der Waals surface area (Å²) in [5.74, 6) is -1.07. The van der Waals surface area contributed by atoms with E-state index in [0.29, 0.717) is 6.54 Å². The van der Waals surface area contributed by atoms with Crippen LogP contribution in [0.3, 0.4) is 0 Å². The van der Waals surface area contributed by atoms with Crippen molar-refractivity contribution in [1.82, 2.24) is 4.90 Å². The number of piperidine rings is 1. The van der Waals surface area contributed by atoms with Gasteiger partial charge in [-0.3, -0.25) is 14.5 Å². The molecule has 0 amide bonds. The Morgan fingerprint density at radius 1 is 1.03 bits per heavy atom. The molecule has 1 fully saturated rings. The Balaban J connectivity index is 2.04. The van der Waals surface area contributed by atoms with Crippen LogP contribution in [0.5, 0.6) is 0 Å². The van der Waals surface area contributed by atoms with Gasteiger partial charge >= 0.3 is 11.9 Å². The number of methoxy groups -OCH3 is 1. The molecular formula is C25H30N4O6. The first-order valence-corrected chi connectivity index (χ1v) is 11.3. The van der Waals surface area contributed by atoms with Crippen LogP contribution < -0.4 is 0 Å². The summed E-state index contributed by atoms with van der Waals surface area (Å²) in [5.41, 5.74) is 11.1. The smallest absolute Gasteiger partial charge is 0.304 e. The Labute approximate surface area is 204 Å². The quantitative estimate of drug-likeness (QED) is 0.167. The van der Waals surface area contributed by atoms with E-state index in [1.807, 2.05) is 65.6 Å². The van der Waals surface area contributed by atoms with Gasteiger partial charge in [-0.25, -0.2) is 0 Å². The average Bonchev–Trinajstić information content (AvgIpc) is 2.84. The lowest BCUT2D eigenvalue weighted by atomic mass is 9.90. The van der Waals surface area contributed by atoms with Crippen molar-refractivity contribution in [3.8, 4) is 0 Å². The van der Waals surface area contributed by atoms with Gasteiger partial charge in [-0.05, 0) is 16.7 Å². The highest BCUT2D eigenvalue weighted by molar-refractivity contribution is 5.66. The number of nitrogens with zero attached hydrogens (tertiary/aromatic N) is 4. The summed E-state index contributed by atoms with van der Waals surface area (Å²) < 4.78 is 23.1. The van der Waals surface area contributed by atoms with Crippen molar-refractivity contribution in [3.63, 3.8) is 0 Å². The van der Waals surface area contributed by atoms with Crippen LogP contribution >= 0.6 is 0 Å². The zero-order valence-corrected chi connectivity index (χ0v) is 20.0. The fourth-order valence-corrected chi connectivity index (χ4v) is 4.29. The number of hydrogen-bond acceptors (Lipinski definition) is 8. The average molecular weight is 483 g/mol. The third kappa shape index (κ3) is 7.27. The molecule has 0 aromatic heterocycles. The van der Waals surface area contributed by atoms with E-state index in [2.05, 4.69) is 10.0 Å². The largest absolute Gasteiger partial charge is 0.459 e. The number of azide groups is 1. The molecular weight excluding hydrogens is 452 g/mol. The number of likely N-dealkylation sites (tertiary alicyclic amines) is 1. The van der Waals surface area contributed by atoms with Crippen LogP contribution in [0.4, 0.5) is 0 Å². The fraction of sp³-hybridized carbons (Fsp3) is 0.440. The molecule has 0 saturated carbocycles. The van der Waals surface area contributed by atoms with Gasteiger partial charge in [-0.15, -0.1) is 0 Å². The molecule has 2 aromatic carbocycles. The van der Waals surface area contributed by atoms with E-state index in [4.69, 9.17) is 18.9 Å². The molecule has 1 saturated heterocycles. The standard InChI is InChI=1S/C25H30N4O6/c1-17(30)34-23-21(27-28-26)15-29(14-19-10-6-4-7-11-19)22(25(32-3)35-18(2)31)24(23)33-16-20-12-8-5-9-13-20/h4-13,21-25H,14-16H2,1-3H3/t21-,22-,23+,24-,25?/m0/s1. The van der Waals surface area contributed by atoms with Gasteiger partial charge in [-0.1, -0.05) is 65.8 Å². The highest BCUT2D eigenvalue weighted by Crippen LogP contribution is 2.31. The molecule has 0 spiro atoms. The van der Waals surface area contributed by atoms with Crippen molar-refractivity contribution < 1.29 is 28.5 Å². The third-order valence-electron chi connectivity index (χ3n) is 5.69. The summed E-state index contributed by atoms with van der Waals surface area (Å²) in [7, 11) is 1.43. The van der Waals surface area contributed by atoms with Gasteiger partial charge < -0.3 is 18.9 Å². The number of rotatable bonds is 10. The number of ether oxygens (including phenoxy) is 4. The predicted octanol–water partition coefficient (Wildman–Crippen LogP) is 3.60. The second-order valence-electron chi connectivity index (χ2n) is 8.23. The van der Waals surface area contributed by atoms with Crippen molar-refractivity contribution in [2.45, 2.75) is 57.6 Å². The van der Waals surface area contributed by atoms with E-state index in [-0.39, 0.29) is 13.2 Å². The summed E-state index contributed by atoms with van der Waals surface area (Å²) in [4.78, 5) is 28.9. The summed E-state index contributed by atoms with van der Waals surface area (Å²) in [6.07, 6.45) is -2.78. The normalized spacial score (nSPS) is 23.1. The molecule has 1 aliphatic heterocycles. The van der Waals surface area contributed by atoms with Crippen LogP contribution in [-0.4, -0.2) is 61.1 Å².